The molecule has 0 N–H and O–H groups in total. The van der Waals surface area contributed by atoms with Crippen LogP contribution in [0.15, 0.2) is 36.5 Å². The van der Waals surface area contributed by atoms with E-state index in [1.807, 2.05) is 30.3 Å². The average molecular weight is 213 g/mol. The number of hydrogen-bond donors (Lipinski definition) is 0. The molecule has 0 aliphatic carbocycles. The normalized spacial score (nSPS) is 10.6. The van der Waals surface area contributed by atoms with E-state index in [1.54, 1.807) is 6.20 Å². The predicted molar refractivity (Wildman–Crippen MR) is 65.6 cm³/mol. The van der Waals surface area contributed by atoms with E-state index in [1.165, 1.54) is 0 Å². The first-order chi connectivity index (χ1) is 7.83. The lowest BCUT2D eigenvalue weighted by Gasteiger charge is -2.03. The fraction of sp³-hybridized carbons (Fsp3) is 0.286. The van der Waals surface area contributed by atoms with E-state index in [-0.39, 0.29) is 5.78 Å². The highest BCUT2D eigenvalue weighted by Crippen LogP contribution is 2.18. The van der Waals surface area contributed by atoms with E-state index in [9.17, 15) is 4.79 Å². The SMILES string of the molecule is CCCCC(=O)c1nccc2ccccc12. The van der Waals surface area contributed by atoms with Crippen molar-refractivity contribution in [3.05, 3.63) is 42.2 Å². The summed E-state index contributed by atoms with van der Waals surface area (Å²) in [5.74, 6) is 0.152. The Bertz CT molecular complexity index is 500. The average Bonchev–Trinajstić information content (AvgIpc) is 2.35. The van der Waals surface area contributed by atoms with Crippen LogP contribution in [-0.4, -0.2) is 10.8 Å². The Kier molecular flexibility index (Phi) is 3.30. The molecule has 0 aliphatic rings. The number of fused-ring (bicyclic) bond motifs is 1. The molecule has 82 valence electrons. The number of pyridine rings is 1. The van der Waals surface area contributed by atoms with Crippen LogP contribution in [0.3, 0.4) is 0 Å². The van der Waals surface area contributed by atoms with E-state index in [4.69, 9.17) is 0 Å². The molecule has 2 rings (SSSR count). The molecule has 1 aromatic heterocycles. The van der Waals surface area contributed by atoms with Crippen molar-refractivity contribution in [3.63, 3.8) is 0 Å². The van der Waals surface area contributed by atoms with Gasteiger partial charge in [0.1, 0.15) is 5.69 Å². The van der Waals surface area contributed by atoms with Crippen molar-refractivity contribution in [2.24, 2.45) is 0 Å². The van der Waals surface area contributed by atoms with E-state index in [0.29, 0.717) is 12.1 Å². The maximum atomic E-state index is 12.0. The van der Waals surface area contributed by atoms with Gasteiger partial charge in [0.25, 0.3) is 0 Å². The molecular formula is C14H15NO. The zero-order chi connectivity index (χ0) is 11.4. The predicted octanol–water partition coefficient (Wildman–Crippen LogP) is 3.61. The molecule has 0 radical (unpaired) electrons. The number of unbranched alkanes of at least 4 members (excludes halogenated alkanes) is 1. The Morgan fingerprint density at radius 1 is 1.25 bits per heavy atom. The second kappa shape index (κ2) is 4.88. The lowest BCUT2D eigenvalue weighted by atomic mass is 10.0. The molecule has 2 heteroatoms. The van der Waals surface area contributed by atoms with Crippen LogP contribution >= 0.6 is 0 Å². The molecule has 0 fully saturated rings. The molecule has 0 spiro atoms. The van der Waals surface area contributed by atoms with Crippen molar-refractivity contribution < 1.29 is 4.79 Å². The molecule has 0 saturated heterocycles. The summed E-state index contributed by atoms with van der Waals surface area (Å²) in [6, 6.07) is 9.82. The number of carbonyl (C=O) groups is 1. The Hall–Kier alpha value is -1.70. The number of rotatable bonds is 4. The molecule has 16 heavy (non-hydrogen) atoms. The van der Waals surface area contributed by atoms with Gasteiger partial charge in [0.05, 0.1) is 0 Å². The summed E-state index contributed by atoms with van der Waals surface area (Å²) >= 11 is 0. The molecule has 0 saturated carbocycles. The number of benzene rings is 1. The number of ketones is 1. The lowest BCUT2D eigenvalue weighted by molar-refractivity contribution is 0.0977. The van der Waals surface area contributed by atoms with Crippen LogP contribution in [0.2, 0.25) is 0 Å². The summed E-state index contributed by atoms with van der Waals surface area (Å²) in [6.07, 6.45) is 4.28. The third-order valence-electron chi connectivity index (χ3n) is 2.70. The van der Waals surface area contributed by atoms with Gasteiger partial charge in [-0.3, -0.25) is 9.78 Å². The minimum absolute atomic E-state index is 0.152. The van der Waals surface area contributed by atoms with Crippen molar-refractivity contribution in [2.45, 2.75) is 26.2 Å². The summed E-state index contributed by atoms with van der Waals surface area (Å²) in [5.41, 5.74) is 0.617. The fourth-order valence-electron chi connectivity index (χ4n) is 1.80. The molecule has 0 atom stereocenters. The van der Waals surface area contributed by atoms with Crippen LogP contribution in [0.25, 0.3) is 10.8 Å². The fourth-order valence-corrected chi connectivity index (χ4v) is 1.80. The third kappa shape index (κ3) is 2.11. The minimum atomic E-state index is 0.152. The maximum Gasteiger partial charge on any atom is 0.181 e. The summed E-state index contributed by atoms with van der Waals surface area (Å²) < 4.78 is 0. The first-order valence-electron chi connectivity index (χ1n) is 5.70. The van der Waals surface area contributed by atoms with Crippen molar-refractivity contribution in [1.82, 2.24) is 4.98 Å². The number of aromatic nitrogens is 1. The van der Waals surface area contributed by atoms with Crippen molar-refractivity contribution in [3.8, 4) is 0 Å². The van der Waals surface area contributed by atoms with Crippen LogP contribution < -0.4 is 0 Å². The van der Waals surface area contributed by atoms with Gasteiger partial charge in [0.15, 0.2) is 5.78 Å². The summed E-state index contributed by atoms with van der Waals surface area (Å²) in [7, 11) is 0. The van der Waals surface area contributed by atoms with E-state index < -0.39 is 0 Å². The van der Waals surface area contributed by atoms with Gasteiger partial charge in [-0.1, -0.05) is 37.6 Å². The van der Waals surface area contributed by atoms with Crippen LogP contribution in [0, 0.1) is 0 Å². The number of nitrogens with zero attached hydrogens (tertiary/aromatic N) is 1. The van der Waals surface area contributed by atoms with Crippen molar-refractivity contribution in [2.75, 3.05) is 0 Å². The number of hydrogen-bond acceptors (Lipinski definition) is 2. The third-order valence-corrected chi connectivity index (χ3v) is 2.70. The first kappa shape index (κ1) is 10.8. The van der Waals surface area contributed by atoms with Gasteiger partial charge in [0, 0.05) is 18.0 Å². The quantitative estimate of drug-likeness (QED) is 0.726. The van der Waals surface area contributed by atoms with Crippen molar-refractivity contribution >= 4 is 16.6 Å². The van der Waals surface area contributed by atoms with Gasteiger partial charge < -0.3 is 0 Å². The summed E-state index contributed by atoms with van der Waals surface area (Å²) in [5, 5.41) is 2.04. The molecular weight excluding hydrogens is 198 g/mol. The summed E-state index contributed by atoms with van der Waals surface area (Å²) in [6.45, 7) is 2.09. The van der Waals surface area contributed by atoms with Crippen molar-refractivity contribution in [1.29, 1.82) is 0 Å². The van der Waals surface area contributed by atoms with E-state index >= 15 is 0 Å². The molecule has 0 unspecified atom stereocenters. The zero-order valence-corrected chi connectivity index (χ0v) is 9.44. The highest BCUT2D eigenvalue weighted by atomic mass is 16.1. The first-order valence-corrected chi connectivity index (χ1v) is 5.70. The highest BCUT2D eigenvalue weighted by Gasteiger charge is 2.10. The standard InChI is InChI=1S/C14H15NO/c1-2-3-8-13(16)14-12-7-5-4-6-11(12)9-10-15-14/h4-7,9-10H,2-3,8H2,1H3. The molecule has 0 aliphatic heterocycles. The Labute approximate surface area is 95.3 Å². The number of carbonyl (C=O) groups excluding carboxylic acids is 1. The van der Waals surface area contributed by atoms with Crippen LogP contribution in [0.5, 0.6) is 0 Å². The van der Waals surface area contributed by atoms with Gasteiger partial charge in [-0.05, 0) is 17.9 Å². The maximum absolute atomic E-state index is 12.0. The van der Waals surface area contributed by atoms with Gasteiger partial charge in [-0.25, -0.2) is 0 Å². The van der Waals surface area contributed by atoms with E-state index in [0.717, 1.165) is 23.6 Å². The van der Waals surface area contributed by atoms with E-state index in [2.05, 4.69) is 11.9 Å². The monoisotopic (exact) mass is 213 g/mol. The molecule has 2 nitrogen and oxygen atoms in total. The Balaban J connectivity index is 2.40. The molecule has 0 bridgehead atoms. The molecule has 0 amide bonds. The van der Waals surface area contributed by atoms with Gasteiger partial charge >= 0.3 is 0 Å². The van der Waals surface area contributed by atoms with Gasteiger partial charge in [0.2, 0.25) is 0 Å². The highest BCUT2D eigenvalue weighted by molar-refractivity contribution is 6.06. The Morgan fingerprint density at radius 3 is 2.88 bits per heavy atom. The Morgan fingerprint density at radius 2 is 2.06 bits per heavy atom. The smallest absolute Gasteiger partial charge is 0.181 e. The molecule has 1 aromatic carbocycles. The summed E-state index contributed by atoms with van der Waals surface area (Å²) in [4.78, 5) is 16.2. The minimum Gasteiger partial charge on any atom is -0.292 e. The van der Waals surface area contributed by atoms with Gasteiger partial charge in [-0.2, -0.15) is 0 Å². The van der Waals surface area contributed by atoms with Crippen LogP contribution in [-0.2, 0) is 0 Å². The zero-order valence-electron chi connectivity index (χ0n) is 9.44. The number of Topliss-reactive ketones (excluding diaryl/α,β-unsaturated/α-hetero) is 1. The van der Waals surface area contributed by atoms with Crippen LogP contribution in [0.4, 0.5) is 0 Å². The lowest BCUT2D eigenvalue weighted by Crippen LogP contribution is -2.02. The second-order valence-corrected chi connectivity index (χ2v) is 3.91. The van der Waals surface area contributed by atoms with Gasteiger partial charge in [-0.15, -0.1) is 0 Å². The molecule has 1 heterocycles. The van der Waals surface area contributed by atoms with Crippen LogP contribution in [0.1, 0.15) is 36.7 Å². The topological polar surface area (TPSA) is 30.0 Å². The molecule has 2 aromatic rings. The second-order valence-electron chi connectivity index (χ2n) is 3.91. The largest absolute Gasteiger partial charge is 0.292 e.